The molecule has 4 rings (SSSR count). The molecule has 6 nitrogen and oxygen atoms in total. The van der Waals surface area contributed by atoms with Crippen LogP contribution in [0.15, 0.2) is 78.9 Å². The first-order valence-corrected chi connectivity index (χ1v) is 11.0. The maximum atomic E-state index is 12.9. The molecule has 172 valence electrons. The quantitative estimate of drug-likeness (QED) is 0.424. The molecule has 0 radical (unpaired) electrons. The molecule has 0 bridgehead atoms. The van der Waals surface area contributed by atoms with Crippen LogP contribution in [0.25, 0.3) is 0 Å². The lowest BCUT2D eigenvalue weighted by molar-refractivity contribution is 0.0169. The van der Waals surface area contributed by atoms with Gasteiger partial charge in [0.1, 0.15) is 11.5 Å². The fourth-order valence-corrected chi connectivity index (χ4v) is 5.06. The van der Waals surface area contributed by atoms with Crippen LogP contribution in [0, 0.1) is 0 Å². The van der Waals surface area contributed by atoms with Gasteiger partial charge in [-0.2, -0.15) is 0 Å². The maximum Gasteiger partial charge on any atom is 0.412 e. The minimum absolute atomic E-state index is 0.222. The van der Waals surface area contributed by atoms with Crippen molar-refractivity contribution in [1.29, 1.82) is 0 Å². The Labute approximate surface area is 194 Å². The van der Waals surface area contributed by atoms with Crippen LogP contribution in [0.5, 0.6) is 11.5 Å². The average Bonchev–Trinajstić information content (AvgIpc) is 3.36. The summed E-state index contributed by atoms with van der Waals surface area (Å²) in [7, 11) is 3.29. The number of hydrogen-bond donors (Lipinski definition) is 1. The fraction of sp³-hybridized carbons (Fsp3) is 0.296. The molecule has 3 aromatic rings. The first kappa shape index (κ1) is 22.7. The van der Waals surface area contributed by atoms with Gasteiger partial charge in [-0.1, -0.05) is 54.6 Å². The SMILES string of the molecule is COc1ccc(C(c2ccccc2)(c2ccc(OC)cc2)[C@H]2CCCN2C(=O)OCO)cc1. The molecule has 1 aliphatic rings. The van der Waals surface area contributed by atoms with Crippen molar-refractivity contribution in [3.05, 3.63) is 95.6 Å². The van der Waals surface area contributed by atoms with Gasteiger partial charge in [-0.3, -0.25) is 0 Å². The zero-order chi connectivity index (χ0) is 23.3. The molecule has 0 saturated carbocycles. The highest BCUT2D eigenvalue weighted by Gasteiger charge is 2.50. The third-order valence-corrected chi connectivity index (χ3v) is 6.50. The van der Waals surface area contributed by atoms with E-state index < -0.39 is 18.3 Å². The number of methoxy groups -OCH3 is 2. The number of aliphatic hydroxyl groups excluding tert-OH is 1. The lowest BCUT2D eigenvalue weighted by Crippen LogP contribution is -2.51. The minimum Gasteiger partial charge on any atom is -0.497 e. The second kappa shape index (κ2) is 9.96. The van der Waals surface area contributed by atoms with E-state index in [1.165, 1.54) is 0 Å². The molecule has 1 saturated heterocycles. The summed E-state index contributed by atoms with van der Waals surface area (Å²) in [6.45, 7) is -0.0874. The fourth-order valence-electron chi connectivity index (χ4n) is 5.06. The van der Waals surface area contributed by atoms with Crippen molar-refractivity contribution in [2.45, 2.75) is 24.3 Å². The van der Waals surface area contributed by atoms with Gasteiger partial charge in [0.25, 0.3) is 0 Å². The van der Waals surface area contributed by atoms with Crippen LogP contribution in [0.1, 0.15) is 29.5 Å². The van der Waals surface area contributed by atoms with E-state index in [-0.39, 0.29) is 6.04 Å². The summed E-state index contributed by atoms with van der Waals surface area (Å²) in [4.78, 5) is 14.6. The third-order valence-electron chi connectivity index (χ3n) is 6.50. The number of rotatable bonds is 7. The molecular weight excluding hydrogens is 418 g/mol. The highest BCUT2D eigenvalue weighted by Crippen LogP contribution is 2.48. The van der Waals surface area contributed by atoms with E-state index >= 15 is 0 Å². The van der Waals surface area contributed by atoms with Crippen molar-refractivity contribution in [2.75, 3.05) is 27.6 Å². The molecule has 0 aliphatic carbocycles. The van der Waals surface area contributed by atoms with Crippen LogP contribution in [-0.2, 0) is 10.2 Å². The molecule has 1 atom stereocenters. The highest BCUT2D eigenvalue weighted by atomic mass is 16.6. The van der Waals surface area contributed by atoms with Gasteiger partial charge in [-0.05, 0) is 53.8 Å². The Morgan fingerprint density at radius 1 is 0.879 bits per heavy atom. The van der Waals surface area contributed by atoms with Gasteiger partial charge in [0.05, 0.1) is 25.7 Å². The topological polar surface area (TPSA) is 68.2 Å². The molecule has 1 N–H and O–H groups in total. The number of carbonyl (C=O) groups excluding carboxylic acids is 1. The van der Waals surface area contributed by atoms with Gasteiger partial charge in [-0.25, -0.2) is 4.79 Å². The Hall–Kier alpha value is -3.51. The van der Waals surface area contributed by atoms with Crippen molar-refractivity contribution in [3.63, 3.8) is 0 Å². The Bertz CT molecular complexity index is 1000. The molecule has 1 aliphatic heterocycles. The molecule has 0 unspecified atom stereocenters. The second-order valence-electron chi connectivity index (χ2n) is 8.02. The summed E-state index contributed by atoms with van der Waals surface area (Å²) in [5, 5.41) is 9.26. The summed E-state index contributed by atoms with van der Waals surface area (Å²) in [5.74, 6) is 1.52. The van der Waals surface area contributed by atoms with Crippen LogP contribution < -0.4 is 9.47 Å². The number of amides is 1. The molecule has 3 aromatic carbocycles. The number of aliphatic hydroxyl groups is 1. The van der Waals surface area contributed by atoms with E-state index in [9.17, 15) is 9.90 Å². The van der Waals surface area contributed by atoms with E-state index in [2.05, 4.69) is 36.4 Å². The summed E-state index contributed by atoms with van der Waals surface area (Å²) in [6, 6.07) is 26.0. The normalized spacial score (nSPS) is 15.8. The van der Waals surface area contributed by atoms with Gasteiger partial charge in [0.15, 0.2) is 6.79 Å². The number of hydrogen-bond acceptors (Lipinski definition) is 5. The monoisotopic (exact) mass is 447 g/mol. The van der Waals surface area contributed by atoms with E-state index in [1.807, 2.05) is 42.5 Å². The maximum absolute atomic E-state index is 12.9. The van der Waals surface area contributed by atoms with E-state index in [1.54, 1.807) is 19.1 Å². The third kappa shape index (κ3) is 4.14. The van der Waals surface area contributed by atoms with E-state index in [0.717, 1.165) is 41.0 Å². The predicted molar refractivity (Wildman–Crippen MR) is 126 cm³/mol. The summed E-state index contributed by atoms with van der Waals surface area (Å²) in [6.07, 6.45) is 1.11. The average molecular weight is 448 g/mol. The number of nitrogens with zero attached hydrogens (tertiary/aromatic N) is 1. The van der Waals surface area contributed by atoms with Crippen molar-refractivity contribution < 1.29 is 24.1 Å². The number of ether oxygens (including phenoxy) is 3. The lowest BCUT2D eigenvalue weighted by atomic mass is 9.64. The van der Waals surface area contributed by atoms with E-state index in [4.69, 9.17) is 14.2 Å². The van der Waals surface area contributed by atoms with Crippen molar-refractivity contribution >= 4 is 6.09 Å². The van der Waals surface area contributed by atoms with Gasteiger partial charge in [-0.15, -0.1) is 0 Å². The number of benzene rings is 3. The summed E-state index contributed by atoms with van der Waals surface area (Å²) in [5.41, 5.74) is 2.46. The van der Waals surface area contributed by atoms with E-state index in [0.29, 0.717) is 6.54 Å². The standard InChI is InChI=1S/C27H29NO5/c1-31-23-14-10-21(11-15-23)27(20-7-4-3-5-8-20,22-12-16-24(32-2)17-13-22)25-9-6-18-28(25)26(30)33-19-29/h3-5,7-8,10-17,25,29H,6,9,18-19H2,1-2H3/t25-/m1/s1. The predicted octanol–water partition coefficient (Wildman–Crippen LogP) is 4.59. The molecule has 6 heteroatoms. The second-order valence-corrected chi connectivity index (χ2v) is 8.02. The minimum atomic E-state index is -0.676. The molecule has 1 fully saturated rings. The molecule has 0 aromatic heterocycles. The van der Waals surface area contributed by atoms with Crippen molar-refractivity contribution in [1.82, 2.24) is 4.90 Å². The first-order chi connectivity index (χ1) is 16.1. The smallest absolute Gasteiger partial charge is 0.412 e. The molecule has 1 heterocycles. The molecule has 0 spiro atoms. The van der Waals surface area contributed by atoms with Crippen LogP contribution in [-0.4, -0.2) is 49.7 Å². The molecule has 33 heavy (non-hydrogen) atoms. The van der Waals surface area contributed by atoms with Crippen LogP contribution >= 0.6 is 0 Å². The summed E-state index contributed by atoms with van der Waals surface area (Å²) < 4.78 is 15.9. The van der Waals surface area contributed by atoms with Gasteiger partial charge in [0.2, 0.25) is 0 Å². The van der Waals surface area contributed by atoms with Gasteiger partial charge >= 0.3 is 6.09 Å². The van der Waals surface area contributed by atoms with Crippen LogP contribution in [0.3, 0.4) is 0 Å². The Balaban J connectivity index is 2.00. The zero-order valence-corrected chi connectivity index (χ0v) is 18.9. The number of likely N-dealkylation sites (tertiary alicyclic amines) is 1. The molecule has 1 amide bonds. The zero-order valence-electron chi connectivity index (χ0n) is 18.9. The number of carbonyl (C=O) groups is 1. The van der Waals surface area contributed by atoms with Crippen LogP contribution in [0.4, 0.5) is 4.79 Å². The Morgan fingerprint density at radius 2 is 1.39 bits per heavy atom. The first-order valence-electron chi connectivity index (χ1n) is 11.0. The van der Waals surface area contributed by atoms with Gasteiger partial charge in [0, 0.05) is 6.54 Å². The summed E-state index contributed by atoms with van der Waals surface area (Å²) >= 11 is 0. The highest BCUT2D eigenvalue weighted by molar-refractivity contribution is 5.70. The van der Waals surface area contributed by atoms with Gasteiger partial charge < -0.3 is 24.2 Å². The Morgan fingerprint density at radius 3 is 1.88 bits per heavy atom. The van der Waals surface area contributed by atoms with Crippen LogP contribution in [0.2, 0.25) is 0 Å². The van der Waals surface area contributed by atoms with Crippen molar-refractivity contribution in [3.8, 4) is 11.5 Å². The molecular formula is C27H29NO5. The lowest BCUT2D eigenvalue weighted by Gasteiger charge is -2.44. The van der Waals surface area contributed by atoms with Crippen molar-refractivity contribution in [2.24, 2.45) is 0 Å². The largest absolute Gasteiger partial charge is 0.497 e. The Kier molecular flexibility index (Phi) is 6.84.